The van der Waals surface area contributed by atoms with Crippen molar-refractivity contribution in [2.75, 3.05) is 0 Å². The lowest BCUT2D eigenvalue weighted by Crippen LogP contribution is -2.03. The van der Waals surface area contributed by atoms with E-state index in [9.17, 15) is 14.9 Å². The van der Waals surface area contributed by atoms with Crippen molar-refractivity contribution < 1.29 is 19.6 Å². The van der Waals surface area contributed by atoms with E-state index in [-0.39, 0.29) is 17.2 Å². The molecule has 6 heteroatoms. The first kappa shape index (κ1) is 14.3. The Kier molecular flexibility index (Phi) is 4.30. The minimum absolute atomic E-state index is 0.0746. The van der Waals surface area contributed by atoms with E-state index < -0.39 is 10.9 Å². The quantitative estimate of drug-likeness (QED) is 0.307. The van der Waals surface area contributed by atoms with E-state index in [0.29, 0.717) is 0 Å². The molecule has 6 nitrogen and oxygen atoms in total. The van der Waals surface area contributed by atoms with Crippen LogP contribution in [0.3, 0.4) is 0 Å². The molecule has 2 rings (SSSR count). The maximum atomic E-state index is 11.6. The second kappa shape index (κ2) is 6.33. The highest BCUT2D eigenvalue weighted by Gasteiger charge is 2.06. The van der Waals surface area contributed by atoms with Crippen molar-refractivity contribution in [1.29, 1.82) is 0 Å². The summed E-state index contributed by atoms with van der Waals surface area (Å²) in [5.41, 5.74) is 0.655. The number of aromatic hydroxyl groups is 1. The van der Waals surface area contributed by atoms with Crippen molar-refractivity contribution in [1.82, 2.24) is 0 Å². The first-order valence-electron chi connectivity index (χ1n) is 5.98. The van der Waals surface area contributed by atoms with E-state index >= 15 is 0 Å². The second-order valence-electron chi connectivity index (χ2n) is 4.10. The molecule has 0 unspecified atom stereocenters. The number of hydrogen-bond donors (Lipinski definition) is 1. The van der Waals surface area contributed by atoms with Gasteiger partial charge in [-0.15, -0.1) is 0 Å². The summed E-state index contributed by atoms with van der Waals surface area (Å²) in [6.45, 7) is 0. The van der Waals surface area contributed by atoms with Gasteiger partial charge in [0.25, 0.3) is 5.69 Å². The zero-order valence-corrected chi connectivity index (χ0v) is 10.8. The zero-order valence-electron chi connectivity index (χ0n) is 10.8. The summed E-state index contributed by atoms with van der Waals surface area (Å²) in [4.78, 5) is 21.5. The molecule has 0 aliphatic carbocycles. The third-order valence-electron chi connectivity index (χ3n) is 2.57. The van der Waals surface area contributed by atoms with Gasteiger partial charge in [-0.25, -0.2) is 4.79 Å². The fourth-order valence-corrected chi connectivity index (χ4v) is 1.54. The average Bonchev–Trinajstić information content (AvgIpc) is 2.47. The first-order chi connectivity index (χ1) is 10.0. The van der Waals surface area contributed by atoms with Gasteiger partial charge in [-0.2, -0.15) is 0 Å². The number of ether oxygens (including phenoxy) is 1. The first-order valence-corrected chi connectivity index (χ1v) is 5.98. The Morgan fingerprint density at radius 1 is 1.10 bits per heavy atom. The molecule has 21 heavy (non-hydrogen) atoms. The lowest BCUT2D eigenvalue weighted by Gasteiger charge is -2.00. The summed E-state index contributed by atoms with van der Waals surface area (Å²) in [5.74, 6) is -0.238. The van der Waals surface area contributed by atoms with Gasteiger partial charge < -0.3 is 9.84 Å². The highest BCUT2D eigenvalue weighted by molar-refractivity contribution is 5.88. The molecule has 0 aliphatic heterocycles. The molecular formula is C15H11NO5. The third-order valence-corrected chi connectivity index (χ3v) is 2.57. The van der Waals surface area contributed by atoms with Gasteiger partial charge in [-0.05, 0) is 35.9 Å². The molecule has 0 spiro atoms. The van der Waals surface area contributed by atoms with Gasteiger partial charge in [-0.1, -0.05) is 12.1 Å². The number of esters is 1. The standard InChI is InChI=1S/C15H11NO5/c17-13-6-1-11(2-7-13)3-10-15(18)21-14-8-4-12(5-9-14)16(19)20/h1-10,17H/b10-3+. The summed E-state index contributed by atoms with van der Waals surface area (Å²) < 4.78 is 5.00. The molecule has 0 atom stereocenters. The van der Waals surface area contributed by atoms with Gasteiger partial charge in [0.1, 0.15) is 11.5 Å². The third kappa shape index (κ3) is 4.17. The number of non-ortho nitro benzene ring substituents is 1. The summed E-state index contributed by atoms with van der Waals surface area (Å²) in [6, 6.07) is 11.5. The normalized spacial score (nSPS) is 10.5. The van der Waals surface area contributed by atoms with Crippen molar-refractivity contribution in [3.05, 3.63) is 70.3 Å². The van der Waals surface area contributed by atoms with Crippen LogP contribution >= 0.6 is 0 Å². The number of carbonyl (C=O) groups excluding carboxylic acids is 1. The Hall–Kier alpha value is -3.15. The van der Waals surface area contributed by atoms with Crippen molar-refractivity contribution in [2.45, 2.75) is 0 Å². The van der Waals surface area contributed by atoms with E-state index in [1.807, 2.05) is 0 Å². The van der Waals surface area contributed by atoms with Crippen LogP contribution in [-0.4, -0.2) is 16.0 Å². The fraction of sp³-hybridized carbons (Fsp3) is 0. The Bertz CT molecular complexity index is 674. The molecule has 0 aliphatic rings. The van der Waals surface area contributed by atoms with Crippen molar-refractivity contribution in [3.8, 4) is 11.5 Å². The molecule has 0 amide bonds. The lowest BCUT2D eigenvalue weighted by atomic mass is 10.2. The Morgan fingerprint density at radius 3 is 2.29 bits per heavy atom. The van der Waals surface area contributed by atoms with Crippen LogP contribution in [0.5, 0.6) is 11.5 Å². The Labute approximate surface area is 120 Å². The molecule has 0 fully saturated rings. The number of nitro groups is 1. The fourth-order valence-electron chi connectivity index (χ4n) is 1.54. The SMILES string of the molecule is O=C(/C=C/c1ccc(O)cc1)Oc1ccc([N+](=O)[O-])cc1. The molecule has 2 aromatic carbocycles. The summed E-state index contributed by atoms with van der Waals surface area (Å²) in [5, 5.41) is 19.6. The van der Waals surface area contributed by atoms with E-state index in [2.05, 4.69) is 0 Å². The van der Waals surface area contributed by atoms with Crippen LogP contribution < -0.4 is 4.74 Å². The second-order valence-corrected chi connectivity index (χ2v) is 4.10. The number of rotatable bonds is 4. The molecule has 0 heterocycles. The van der Waals surface area contributed by atoms with Crippen LogP contribution in [0.4, 0.5) is 5.69 Å². The van der Waals surface area contributed by atoms with Crippen LogP contribution in [0.25, 0.3) is 6.08 Å². The molecule has 0 radical (unpaired) electrons. The summed E-state index contributed by atoms with van der Waals surface area (Å²) >= 11 is 0. The van der Waals surface area contributed by atoms with Gasteiger partial charge in [0.15, 0.2) is 0 Å². The van der Waals surface area contributed by atoms with Gasteiger partial charge in [0, 0.05) is 18.2 Å². The topological polar surface area (TPSA) is 89.7 Å². The average molecular weight is 285 g/mol. The van der Waals surface area contributed by atoms with Crippen molar-refractivity contribution >= 4 is 17.7 Å². The van der Waals surface area contributed by atoms with Crippen molar-refractivity contribution in [2.24, 2.45) is 0 Å². The molecule has 0 bridgehead atoms. The van der Waals surface area contributed by atoms with Gasteiger partial charge in [0.05, 0.1) is 4.92 Å². The minimum Gasteiger partial charge on any atom is -0.508 e. The van der Waals surface area contributed by atoms with Crippen LogP contribution in [-0.2, 0) is 4.79 Å². The smallest absolute Gasteiger partial charge is 0.336 e. The number of phenolic OH excluding ortho intramolecular Hbond substituents is 1. The van der Waals surface area contributed by atoms with Crippen LogP contribution in [0.15, 0.2) is 54.6 Å². The monoisotopic (exact) mass is 285 g/mol. The number of benzene rings is 2. The predicted molar refractivity (Wildman–Crippen MR) is 75.9 cm³/mol. The van der Waals surface area contributed by atoms with Crippen LogP contribution in [0, 0.1) is 10.1 Å². The number of phenols is 1. The number of nitrogens with zero attached hydrogens (tertiary/aromatic N) is 1. The molecule has 2 aromatic rings. The highest BCUT2D eigenvalue weighted by atomic mass is 16.6. The van der Waals surface area contributed by atoms with Crippen LogP contribution in [0.1, 0.15) is 5.56 Å². The lowest BCUT2D eigenvalue weighted by molar-refractivity contribution is -0.384. The number of carbonyl (C=O) groups is 1. The van der Waals surface area contributed by atoms with E-state index in [4.69, 9.17) is 9.84 Å². The van der Waals surface area contributed by atoms with Crippen molar-refractivity contribution in [3.63, 3.8) is 0 Å². The molecule has 1 N–H and O–H groups in total. The Balaban J connectivity index is 1.98. The zero-order chi connectivity index (χ0) is 15.2. The maximum absolute atomic E-state index is 11.6. The Morgan fingerprint density at radius 2 is 1.71 bits per heavy atom. The molecule has 0 saturated heterocycles. The van der Waals surface area contributed by atoms with Gasteiger partial charge >= 0.3 is 5.97 Å². The molecule has 0 saturated carbocycles. The number of nitro benzene ring substituents is 1. The predicted octanol–water partition coefficient (Wildman–Crippen LogP) is 2.92. The van der Waals surface area contributed by atoms with E-state index in [0.717, 1.165) is 5.56 Å². The van der Waals surface area contributed by atoms with Crippen LogP contribution in [0.2, 0.25) is 0 Å². The largest absolute Gasteiger partial charge is 0.508 e. The molecular weight excluding hydrogens is 274 g/mol. The van der Waals surface area contributed by atoms with Gasteiger partial charge in [0.2, 0.25) is 0 Å². The summed E-state index contributed by atoms with van der Waals surface area (Å²) in [7, 11) is 0. The summed E-state index contributed by atoms with van der Waals surface area (Å²) in [6.07, 6.45) is 2.76. The van der Waals surface area contributed by atoms with Gasteiger partial charge in [-0.3, -0.25) is 10.1 Å². The minimum atomic E-state index is -0.600. The molecule has 0 aromatic heterocycles. The number of hydrogen-bond acceptors (Lipinski definition) is 5. The van der Waals surface area contributed by atoms with E-state index in [1.165, 1.54) is 48.6 Å². The maximum Gasteiger partial charge on any atom is 0.336 e. The molecule has 106 valence electrons. The highest BCUT2D eigenvalue weighted by Crippen LogP contribution is 2.17. The van der Waals surface area contributed by atoms with E-state index in [1.54, 1.807) is 12.1 Å².